The maximum atomic E-state index is 12.4. The van der Waals surface area contributed by atoms with Crippen molar-refractivity contribution in [2.24, 2.45) is 0 Å². The predicted molar refractivity (Wildman–Crippen MR) is 107 cm³/mol. The molecule has 28 heavy (non-hydrogen) atoms. The van der Waals surface area contributed by atoms with Gasteiger partial charge >= 0.3 is 0 Å². The Hall–Kier alpha value is -3.03. The van der Waals surface area contributed by atoms with Crippen LogP contribution < -0.4 is 15.8 Å². The highest BCUT2D eigenvalue weighted by molar-refractivity contribution is 5.77. The molecule has 3 rings (SSSR count). The number of nitrogens with one attached hydrogen (secondary N) is 3. The molecule has 7 heteroatoms. The van der Waals surface area contributed by atoms with Crippen molar-refractivity contribution < 1.29 is 14.4 Å². The summed E-state index contributed by atoms with van der Waals surface area (Å²) in [6.07, 6.45) is 0. The van der Waals surface area contributed by atoms with E-state index in [-0.39, 0.29) is 18.0 Å². The van der Waals surface area contributed by atoms with Crippen LogP contribution in [0.3, 0.4) is 0 Å². The Morgan fingerprint density at radius 3 is 2.68 bits per heavy atom. The molecule has 0 aliphatic rings. The summed E-state index contributed by atoms with van der Waals surface area (Å²) in [6, 6.07) is 17.0. The minimum absolute atomic E-state index is 0.0573. The fourth-order valence-corrected chi connectivity index (χ4v) is 3.03. The average molecular weight is 381 g/mol. The molecule has 3 aromatic rings. The second kappa shape index (κ2) is 9.77. The maximum Gasteiger partial charge on any atom is 0.275 e. The van der Waals surface area contributed by atoms with Crippen LogP contribution in [0.2, 0.25) is 0 Å². The summed E-state index contributed by atoms with van der Waals surface area (Å²) in [6.45, 7) is 2.34. The van der Waals surface area contributed by atoms with E-state index in [1.54, 1.807) is 13.2 Å². The van der Waals surface area contributed by atoms with Crippen molar-refractivity contribution >= 4 is 16.8 Å². The van der Waals surface area contributed by atoms with Crippen LogP contribution in [0, 0.1) is 0 Å². The molecule has 0 radical (unpaired) electrons. The van der Waals surface area contributed by atoms with E-state index in [0.717, 1.165) is 10.5 Å². The van der Waals surface area contributed by atoms with Crippen molar-refractivity contribution in [3.63, 3.8) is 0 Å². The molecule has 0 bridgehead atoms. The van der Waals surface area contributed by atoms with Gasteiger partial charge < -0.3 is 19.9 Å². The predicted octanol–water partition coefficient (Wildman–Crippen LogP) is 0.271. The number of H-pyrrole nitrogens is 1. The molecule has 0 saturated heterocycles. The van der Waals surface area contributed by atoms with Gasteiger partial charge in [0.25, 0.3) is 11.5 Å². The van der Waals surface area contributed by atoms with Gasteiger partial charge in [0.2, 0.25) is 0 Å². The summed E-state index contributed by atoms with van der Waals surface area (Å²) in [5, 5.41) is 3.50. The number of fused-ring (bicyclic) bond motifs is 1. The zero-order chi connectivity index (χ0) is 19.8. The average Bonchev–Trinajstić information content (AvgIpc) is 2.71. The first-order valence-electron chi connectivity index (χ1n) is 9.27. The summed E-state index contributed by atoms with van der Waals surface area (Å²) in [4.78, 5) is 33.0. The van der Waals surface area contributed by atoms with E-state index in [4.69, 9.17) is 4.74 Å². The van der Waals surface area contributed by atoms with Crippen molar-refractivity contribution in [1.29, 1.82) is 0 Å². The summed E-state index contributed by atoms with van der Waals surface area (Å²) in [5.41, 5.74) is 1.54. The highest BCUT2D eigenvalue weighted by Gasteiger charge is 2.17. The number of methoxy groups -OCH3 is 1. The fourth-order valence-electron chi connectivity index (χ4n) is 3.03. The smallest absolute Gasteiger partial charge is 0.275 e. The van der Waals surface area contributed by atoms with Crippen LogP contribution in [0.15, 0.2) is 59.4 Å². The van der Waals surface area contributed by atoms with Gasteiger partial charge in [-0.05, 0) is 17.7 Å². The molecule has 0 saturated carbocycles. The van der Waals surface area contributed by atoms with E-state index in [9.17, 15) is 9.59 Å². The van der Waals surface area contributed by atoms with Crippen molar-refractivity contribution in [3.05, 3.63) is 76.3 Å². The van der Waals surface area contributed by atoms with Gasteiger partial charge in [0.05, 0.1) is 17.5 Å². The van der Waals surface area contributed by atoms with Gasteiger partial charge in [-0.2, -0.15) is 0 Å². The number of aromatic nitrogens is 2. The van der Waals surface area contributed by atoms with Crippen LogP contribution >= 0.6 is 0 Å². The molecule has 3 N–H and O–H groups in total. The van der Waals surface area contributed by atoms with Crippen molar-refractivity contribution in [3.8, 4) is 0 Å². The molecule has 0 aliphatic heterocycles. The lowest BCUT2D eigenvalue weighted by Gasteiger charge is -2.18. The SMILES string of the molecule is COCC[NH+](CC(=O)NCc1ccccc1)Cc1nc2ccccc2c(=O)[nH]1. The van der Waals surface area contributed by atoms with E-state index in [1.165, 1.54) is 0 Å². The number of hydrogen-bond donors (Lipinski definition) is 3. The molecule has 1 atom stereocenters. The number of carbonyl (C=O) groups is 1. The minimum Gasteiger partial charge on any atom is -0.379 e. The first-order valence-corrected chi connectivity index (χ1v) is 9.27. The summed E-state index contributed by atoms with van der Waals surface area (Å²) >= 11 is 0. The minimum atomic E-state index is -0.166. The van der Waals surface area contributed by atoms with Gasteiger partial charge in [-0.25, -0.2) is 4.98 Å². The molecule has 1 heterocycles. The number of ether oxygens (including phenoxy) is 1. The zero-order valence-corrected chi connectivity index (χ0v) is 15.9. The van der Waals surface area contributed by atoms with Gasteiger partial charge in [-0.3, -0.25) is 9.59 Å². The Balaban J connectivity index is 1.66. The van der Waals surface area contributed by atoms with E-state index >= 15 is 0 Å². The summed E-state index contributed by atoms with van der Waals surface area (Å²) < 4.78 is 5.17. The monoisotopic (exact) mass is 381 g/mol. The molecule has 1 aromatic heterocycles. The number of quaternary nitrogens is 1. The van der Waals surface area contributed by atoms with Crippen molar-refractivity contribution in [2.75, 3.05) is 26.8 Å². The van der Waals surface area contributed by atoms with Crippen molar-refractivity contribution in [2.45, 2.75) is 13.1 Å². The second-order valence-corrected chi connectivity index (χ2v) is 6.64. The van der Waals surface area contributed by atoms with Crippen LogP contribution in [0.4, 0.5) is 0 Å². The standard InChI is InChI=1S/C21H24N4O3/c1-28-12-11-25(15-20(26)22-13-16-7-3-2-4-8-16)14-19-23-18-10-6-5-9-17(18)21(27)24-19/h2-10H,11-15H2,1H3,(H,22,26)(H,23,24,27)/p+1. The number of hydrogen-bond acceptors (Lipinski definition) is 4. The summed E-state index contributed by atoms with van der Waals surface area (Å²) in [5.74, 6) is 0.503. The Morgan fingerprint density at radius 1 is 1.14 bits per heavy atom. The summed E-state index contributed by atoms with van der Waals surface area (Å²) in [7, 11) is 1.63. The quantitative estimate of drug-likeness (QED) is 0.497. The molecule has 0 fully saturated rings. The maximum absolute atomic E-state index is 12.4. The van der Waals surface area contributed by atoms with Crippen LogP contribution in [0.5, 0.6) is 0 Å². The molecule has 1 amide bonds. The molecular weight excluding hydrogens is 356 g/mol. The van der Waals surface area contributed by atoms with Crippen LogP contribution in [-0.2, 0) is 22.6 Å². The second-order valence-electron chi connectivity index (χ2n) is 6.64. The number of nitrogens with zero attached hydrogens (tertiary/aromatic N) is 1. The molecule has 7 nitrogen and oxygen atoms in total. The van der Waals surface area contributed by atoms with Crippen molar-refractivity contribution in [1.82, 2.24) is 15.3 Å². The van der Waals surface area contributed by atoms with Gasteiger partial charge in [0.1, 0.15) is 13.1 Å². The van der Waals surface area contributed by atoms with Gasteiger partial charge in [-0.15, -0.1) is 0 Å². The van der Waals surface area contributed by atoms with E-state index in [1.807, 2.05) is 48.5 Å². The van der Waals surface area contributed by atoms with Gasteiger partial charge in [0, 0.05) is 13.7 Å². The normalized spacial score (nSPS) is 12.0. The Morgan fingerprint density at radius 2 is 1.89 bits per heavy atom. The topological polar surface area (TPSA) is 88.5 Å². The Labute approximate surface area is 163 Å². The molecule has 146 valence electrons. The Kier molecular flexibility index (Phi) is 6.89. The first-order chi connectivity index (χ1) is 13.7. The number of para-hydroxylation sites is 1. The molecule has 2 aromatic carbocycles. The highest BCUT2D eigenvalue weighted by atomic mass is 16.5. The van der Waals surface area contributed by atoms with Crippen LogP contribution in [-0.4, -0.2) is 42.7 Å². The fraction of sp³-hybridized carbons (Fsp3) is 0.286. The third-order valence-electron chi connectivity index (χ3n) is 4.48. The lowest BCUT2D eigenvalue weighted by atomic mass is 10.2. The van der Waals surface area contributed by atoms with E-state index < -0.39 is 0 Å². The molecular formula is C21H25N4O3+. The molecule has 0 aliphatic carbocycles. The van der Waals surface area contributed by atoms with Gasteiger partial charge in [-0.1, -0.05) is 42.5 Å². The molecule has 0 spiro atoms. The lowest BCUT2D eigenvalue weighted by Crippen LogP contribution is -3.12. The zero-order valence-electron chi connectivity index (χ0n) is 15.9. The number of carbonyl (C=O) groups excluding carboxylic acids is 1. The lowest BCUT2D eigenvalue weighted by molar-refractivity contribution is -0.906. The third kappa shape index (κ3) is 5.48. The molecule has 1 unspecified atom stereocenters. The number of aromatic amines is 1. The van der Waals surface area contributed by atoms with Gasteiger partial charge in [0.15, 0.2) is 12.4 Å². The van der Waals surface area contributed by atoms with Crippen LogP contribution in [0.1, 0.15) is 11.4 Å². The Bertz CT molecular complexity index is 972. The van der Waals surface area contributed by atoms with Crippen LogP contribution in [0.25, 0.3) is 10.9 Å². The highest BCUT2D eigenvalue weighted by Crippen LogP contribution is 2.05. The largest absolute Gasteiger partial charge is 0.379 e. The number of rotatable bonds is 9. The number of benzene rings is 2. The third-order valence-corrected chi connectivity index (χ3v) is 4.48. The number of amides is 1. The van der Waals surface area contributed by atoms with E-state index in [2.05, 4.69) is 15.3 Å². The first kappa shape index (κ1) is 19.7. The van der Waals surface area contributed by atoms with E-state index in [0.29, 0.717) is 43.0 Å².